The van der Waals surface area contributed by atoms with Crippen molar-refractivity contribution in [1.29, 1.82) is 0 Å². The molecule has 1 saturated carbocycles. The van der Waals surface area contributed by atoms with Crippen LogP contribution in [-0.4, -0.2) is 17.0 Å². The lowest BCUT2D eigenvalue weighted by Gasteiger charge is -2.36. The molecule has 1 aliphatic carbocycles. The first-order valence-electron chi connectivity index (χ1n) is 5.18. The van der Waals surface area contributed by atoms with Crippen molar-refractivity contribution in [3.05, 3.63) is 16.8 Å². The third kappa shape index (κ3) is 2.09. The number of hydrogen-bond acceptors (Lipinski definition) is 3. The Hall–Kier alpha value is -1.36. The van der Waals surface area contributed by atoms with Gasteiger partial charge in [-0.15, -0.1) is 0 Å². The van der Waals surface area contributed by atoms with E-state index in [0.717, 1.165) is 12.1 Å². The minimum atomic E-state index is -0.848. The zero-order valence-electron chi connectivity index (χ0n) is 8.73. The highest BCUT2D eigenvalue weighted by Gasteiger charge is 2.45. The van der Waals surface area contributed by atoms with Crippen molar-refractivity contribution in [2.75, 3.05) is 5.32 Å². The highest BCUT2D eigenvalue weighted by atomic mass is 32.1. The number of carbonyl (C=O) groups excluding carboxylic acids is 1. The lowest BCUT2D eigenvalue weighted by atomic mass is 9.66. The summed E-state index contributed by atoms with van der Waals surface area (Å²) in [6.07, 6.45) is 2.20. The van der Waals surface area contributed by atoms with Gasteiger partial charge in [-0.25, -0.2) is 0 Å². The number of aliphatic carboxylic acids is 1. The molecule has 2 N–H and O–H groups in total. The lowest BCUT2D eigenvalue weighted by Crippen LogP contribution is -2.41. The first-order valence-corrected chi connectivity index (χ1v) is 6.12. The molecule has 0 spiro atoms. The van der Waals surface area contributed by atoms with Crippen LogP contribution in [0.15, 0.2) is 16.8 Å². The van der Waals surface area contributed by atoms with Gasteiger partial charge in [-0.1, -0.05) is 6.42 Å². The summed E-state index contributed by atoms with van der Waals surface area (Å²) in [5, 5.41) is 15.5. The molecule has 86 valence electrons. The molecule has 2 rings (SSSR count). The van der Waals surface area contributed by atoms with Gasteiger partial charge >= 0.3 is 5.97 Å². The van der Waals surface area contributed by atoms with Gasteiger partial charge in [0.15, 0.2) is 0 Å². The van der Waals surface area contributed by atoms with Crippen LogP contribution in [0.4, 0.5) is 5.69 Å². The molecule has 0 radical (unpaired) electrons. The molecule has 0 atom stereocenters. The molecule has 0 aromatic carbocycles. The van der Waals surface area contributed by atoms with Gasteiger partial charge in [0, 0.05) is 11.8 Å². The van der Waals surface area contributed by atoms with Crippen LogP contribution in [0.2, 0.25) is 0 Å². The smallest absolute Gasteiger partial charge is 0.310 e. The van der Waals surface area contributed by atoms with E-state index >= 15 is 0 Å². The predicted molar refractivity (Wildman–Crippen MR) is 61.5 cm³/mol. The standard InChI is InChI=1S/C11H13NO3S/c13-9(12-8-2-5-16-7-8)6-11(10(14)15)3-1-4-11/h2,5,7H,1,3-4,6H2,(H,12,13)(H,14,15). The molecule has 0 bridgehead atoms. The highest BCUT2D eigenvalue weighted by molar-refractivity contribution is 7.08. The van der Waals surface area contributed by atoms with Crippen LogP contribution in [-0.2, 0) is 9.59 Å². The zero-order valence-corrected chi connectivity index (χ0v) is 9.55. The van der Waals surface area contributed by atoms with E-state index in [1.54, 1.807) is 6.07 Å². The Morgan fingerprint density at radius 3 is 2.69 bits per heavy atom. The first-order chi connectivity index (χ1) is 7.62. The predicted octanol–water partition coefficient (Wildman–Crippen LogP) is 2.33. The average Bonchev–Trinajstić information content (AvgIpc) is 2.63. The van der Waals surface area contributed by atoms with E-state index in [4.69, 9.17) is 5.11 Å². The van der Waals surface area contributed by atoms with Gasteiger partial charge in [-0.2, -0.15) is 11.3 Å². The van der Waals surface area contributed by atoms with Crippen LogP contribution in [0.3, 0.4) is 0 Å². The molecule has 1 aromatic rings. The molecule has 1 aromatic heterocycles. The maximum atomic E-state index is 11.7. The summed E-state index contributed by atoms with van der Waals surface area (Å²) >= 11 is 1.49. The lowest BCUT2D eigenvalue weighted by molar-refractivity contribution is -0.157. The van der Waals surface area contributed by atoms with E-state index in [2.05, 4.69) is 5.32 Å². The Morgan fingerprint density at radius 2 is 2.25 bits per heavy atom. The summed E-state index contributed by atoms with van der Waals surface area (Å²) in [6.45, 7) is 0. The van der Waals surface area contributed by atoms with E-state index < -0.39 is 11.4 Å². The summed E-state index contributed by atoms with van der Waals surface area (Å²) in [5.41, 5.74) is -0.0602. The molecule has 0 saturated heterocycles. The minimum Gasteiger partial charge on any atom is -0.481 e. The largest absolute Gasteiger partial charge is 0.481 e. The van der Waals surface area contributed by atoms with Gasteiger partial charge in [0.05, 0.1) is 11.1 Å². The molecular formula is C11H13NO3S. The molecule has 1 amide bonds. The number of anilines is 1. The molecule has 16 heavy (non-hydrogen) atoms. The third-order valence-electron chi connectivity index (χ3n) is 3.07. The van der Waals surface area contributed by atoms with Gasteiger partial charge in [0.1, 0.15) is 0 Å². The topological polar surface area (TPSA) is 66.4 Å². The van der Waals surface area contributed by atoms with Gasteiger partial charge in [0.2, 0.25) is 5.91 Å². The maximum Gasteiger partial charge on any atom is 0.310 e. The van der Waals surface area contributed by atoms with Gasteiger partial charge in [0.25, 0.3) is 0 Å². The Morgan fingerprint density at radius 1 is 1.50 bits per heavy atom. The number of carboxylic acid groups (broad SMARTS) is 1. The van der Waals surface area contributed by atoms with E-state index in [9.17, 15) is 9.59 Å². The molecule has 1 heterocycles. The van der Waals surface area contributed by atoms with Crippen LogP contribution in [0, 0.1) is 5.41 Å². The van der Waals surface area contributed by atoms with E-state index in [-0.39, 0.29) is 12.3 Å². The van der Waals surface area contributed by atoms with Crippen LogP contribution in [0.1, 0.15) is 25.7 Å². The second kappa shape index (κ2) is 4.25. The van der Waals surface area contributed by atoms with Crippen molar-refractivity contribution in [3.63, 3.8) is 0 Å². The van der Waals surface area contributed by atoms with Crippen molar-refractivity contribution >= 4 is 28.9 Å². The van der Waals surface area contributed by atoms with Crippen molar-refractivity contribution in [3.8, 4) is 0 Å². The van der Waals surface area contributed by atoms with Crippen molar-refractivity contribution in [1.82, 2.24) is 0 Å². The zero-order chi connectivity index (χ0) is 11.6. The molecule has 1 aliphatic rings. The summed E-state index contributed by atoms with van der Waals surface area (Å²) in [6, 6.07) is 1.80. The van der Waals surface area contributed by atoms with E-state index in [0.29, 0.717) is 12.8 Å². The van der Waals surface area contributed by atoms with Gasteiger partial charge < -0.3 is 10.4 Å². The summed E-state index contributed by atoms with van der Waals surface area (Å²) in [5.74, 6) is -1.06. The first kappa shape index (κ1) is 11.1. The van der Waals surface area contributed by atoms with Gasteiger partial charge in [-0.05, 0) is 24.3 Å². The minimum absolute atomic E-state index is 0.0815. The number of carboxylic acids is 1. The summed E-state index contributed by atoms with van der Waals surface area (Å²) < 4.78 is 0. The molecular weight excluding hydrogens is 226 g/mol. The third-order valence-corrected chi connectivity index (χ3v) is 3.75. The van der Waals surface area contributed by atoms with Crippen LogP contribution in [0.5, 0.6) is 0 Å². The van der Waals surface area contributed by atoms with Gasteiger partial charge in [-0.3, -0.25) is 9.59 Å². The fourth-order valence-corrected chi connectivity index (χ4v) is 2.51. The van der Waals surface area contributed by atoms with Crippen LogP contribution >= 0.6 is 11.3 Å². The number of amides is 1. The Labute approximate surface area is 97.3 Å². The fraction of sp³-hybridized carbons (Fsp3) is 0.455. The molecule has 0 aliphatic heterocycles. The average molecular weight is 239 g/mol. The fourth-order valence-electron chi connectivity index (χ4n) is 1.92. The summed E-state index contributed by atoms with van der Waals surface area (Å²) in [4.78, 5) is 22.7. The van der Waals surface area contributed by atoms with Crippen molar-refractivity contribution < 1.29 is 14.7 Å². The number of hydrogen-bond donors (Lipinski definition) is 2. The Balaban J connectivity index is 1.94. The number of rotatable bonds is 4. The van der Waals surface area contributed by atoms with Crippen LogP contribution < -0.4 is 5.32 Å². The second-order valence-electron chi connectivity index (χ2n) is 4.18. The Bertz CT molecular complexity index is 395. The van der Waals surface area contributed by atoms with E-state index in [1.807, 2.05) is 10.8 Å². The van der Waals surface area contributed by atoms with Crippen LogP contribution in [0.25, 0.3) is 0 Å². The SMILES string of the molecule is O=C(CC1(C(=O)O)CCC1)Nc1ccsc1. The van der Waals surface area contributed by atoms with E-state index in [1.165, 1.54) is 11.3 Å². The monoisotopic (exact) mass is 239 g/mol. The normalized spacial score (nSPS) is 17.5. The highest BCUT2D eigenvalue weighted by Crippen LogP contribution is 2.44. The molecule has 5 heteroatoms. The summed E-state index contributed by atoms with van der Waals surface area (Å²) in [7, 11) is 0. The number of nitrogens with one attached hydrogen (secondary N) is 1. The second-order valence-corrected chi connectivity index (χ2v) is 4.96. The molecule has 4 nitrogen and oxygen atoms in total. The van der Waals surface area contributed by atoms with Crippen molar-refractivity contribution in [2.24, 2.45) is 5.41 Å². The number of carbonyl (C=O) groups is 2. The Kier molecular flexibility index (Phi) is 2.96. The maximum absolute atomic E-state index is 11.7. The number of thiophene rings is 1. The molecule has 1 fully saturated rings. The quantitative estimate of drug-likeness (QED) is 0.847. The molecule has 0 unspecified atom stereocenters. The van der Waals surface area contributed by atoms with Crippen molar-refractivity contribution in [2.45, 2.75) is 25.7 Å².